The topological polar surface area (TPSA) is 79.2 Å². The van der Waals surface area contributed by atoms with E-state index < -0.39 is 18.0 Å². The van der Waals surface area contributed by atoms with Crippen molar-refractivity contribution in [3.05, 3.63) is 101 Å². The summed E-state index contributed by atoms with van der Waals surface area (Å²) in [6, 6.07) is 25.7. The van der Waals surface area contributed by atoms with Crippen molar-refractivity contribution in [1.29, 1.82) is 5.26 Å². The van der Waals surface area contributed by atoms with Gasteiger partial charge in [0.1, 0.15) is 6.07 Å². The van der Waals surface area contributed by atoms with Gasteiger partial charge in [-0.05, 0) is 42.7 Å². The van der Waals surface area contributed by atoms with Gasteiger partial charge in [-0.3, -0.25) is 4.79 Å². The summed E-state index contributed by atoms with van der Waals surface area (Å²) in [5.74, 6) is -1.06. The van der Waals surface area contributed by atoms with E-state index in [1.54, 1.807) is 36.4 Å². The van der Waals surface area contributed by atoms with Crippen molar-refractivity contribution in [2.75, 3.05) is 5.32 Å². The zero-order valence-corrected chi connectivity index (χ0v) is 16.0. The molecular weight excluding hydrogens is 364 g/mol. The molecule has 0 aliphatic heterocycles. The van der Waals surface area contributed by atoms with E-state index in [-0.39, 0.29) is 0 Å². The monoisotopic (exact) mass is 384 g/mol. The van der Waals surface area contributed by atoms with Gasteiger partial charge >= 0.3 is 5.97 Å². The van der Waals surface area contributed by atoms with Crippen LogP contribution in [0.1, 0.15) is 34.0 Å². The molecule has 3 aromatic carbocycles. The molecule has 0 heterocycles. The largest absolute Gasteiger partial charge is 0.449 e. The van der Waals surface area contributed by atoms with Crippen molar-refractivity contribution < 1.29 is 14.3 Å². The van der Waals surface area contributed by atoms with Crippen LogP contribution in [0.5, 0.6) is 0 Å². The Hall–Kier alpha value is -3.91. The van der Waals surface area contributed by atoms with Gasteiger partial charge in [0.25, 0.3) is 5.91 Å². The summed E-state index contributed by atoms with van der Waals surface area (Å²) >= 11 is 0. The number of amides is 1. The molecule has 0 aliphatic rings. The molecule has 1 amide bonds. The summed E-state index contributed by atoms with van der Waals surface area (Å²) in [4.78, 5) is 25.1. The van der Waals surface area contributed by atoms with Crippen LogP contribution in [0.25, 0.3) is 0 Å². The molecule has 0 saturated heterocycles. The summed E-state index contributed by atoms with van der Waals surface area (Å²) in [6.07, 6.45) is -0.429. The second-order valence-corrected chi connectivity index (χ2v) is 6.51. The number of carbonyl (C=O) groups excluding carboxylic acids is 2. The van der Waals surface area contributed by atoms with E-state index in [9.17, 15) is 9.59 Å². The Morgan fingerprint density at radius 2 is 1.62 bits per heavy atom. The first-order valence-electron chi connectivity index (χ1n) is 9.21. The highest BCUT2D eigenvalue weighted by Crippen LogP contribution is 2.17. The molecule has 5 heteroatoms. The minimum atomic E-state index is -1.01. The molecule has 1 N–H and O–H groups in total. The van der Waals surface area contributed by atoms with E-state index in [4.69, 9.17) is 10.00 Å². The van der Waals surface area contributed by atoms with Crippen LogP contribution < -0.4 is 5.32 Å². The van der Waals surface area contributed by atoms with Crippen LogP contribution in [0.4, 0.5) is 5.69 Å². The number of rotatable bonds is 6. The van der Waals surface area contributed by atoms with E-state index in [0.717, 1.165) is 11.1 Å². The molecule has 0 radical (unpaired) electrons. The molecule has 29 heavy (non-hydrogen) atoms. The molecular formula is C24H20N2O3. The first-order valence-corrected chi connectivity index (χ1v) is 9.21. The highest BCUT2D eigenvalue weighted by molar-refractivity contribution is 5.98. The van der Waals surface area contributed by atoms with E-state index in [1.165, 1.54) is 6.92 Å². The Bertz CT molecular complexity index is 1050. The fourth-order valence-corrected chi connectivity index (χ4v) is 2.89. The molecule has 5 nitrogen and oxygen atoms in total. The van der Waals surface area contributed by atoms with Crippen LogP contribution in [0.15, 0.2) is 78.9 Å². The zero-order chi connectivity index (χ0) is 20.6. The molecule has 1 atom stereocenters. The van der Waals surface area contributed by atoms with E-state index >= 15 is 0 Å². The van der Waals surface area contributed by atoms with E-state index in [2.05, 4.69) is 5.32 Å². The minimum absolute atomic E-state index is 0.340. The van der Waals surface area contributed by atoms with Crippen LogP contribution >= 0.6 is 0 Å². The Balaban J connectivity index is 1.70. The van der Waals surface area contributed by atoms with Crippen LogP contribution in [-0.4, -0.2) is 18.0 Å². The van der Waals surface area contributed by atoms with Crippen molar-refractivity contribution in [3.63, 3.8) is 0 Å². The molecule has 3 rings (SSSR count). The van der Waals surface area contributed by atoms with Crippen molar-refractivity contribution in [2.45, 2.75) is 19.4 Å². The standard InChI is InChI=1S/C24H20N2O3/c1-17(23(27)26-22-14-8-6-12-20(22)16-25)29-24(28)21-13-7-5-11-19(21)15-18-9-3-2-4-10-18/h2-14,17H,15H2,1H3,(H,26,27)/t17-/m1/s1. The van der Waals surface area contributed by atoms with Gasteiger partial charge in [0.2, 0.25) is 0 Å². The van der Waals surface area contributed by atoms with Gasteiger partial charge < -0.3 is 10.1 Å². The molecule has 0 spiro atoms. The lowest BCUT2D eigenvalue weighted by Gasteiger charge is -2.15. The van der Waals surface area contributed by atoms with E-state index in [1.807, 2.05) is 48.5 Å². The van der Waals surface area contributed by atoms with Crippen molar-refractivity contribution in [3.8, 4) is 6.07 Å². The Morgan fingerprint density at radius 3 is 2.38 bits per heavy atom. The summed E-state index contributed by atoms with van der Waals surface area (Å²) in [7, 11) is 0. The van der Waals surface area contributed by atoms with Gasteiger partial charge in [0.05, 0.1) is 16.8 Å². The minimum Gasteiger partial charge on any atom is -0.449 e. The molecule has 3 aromatic rings. The zero-order valence-electron chi connectivity index (χ0n) is 16.0. The number of anilines is 1. The van der Waals surface area contributed by atoms with Gasteiger partial charge in [-0.1, -0.05) is 60.7 Å². The maximum Gasteiger partial charge on any atom is 0.339 e. The smallest absolute Gasteiger partial charge is 0.339 e. The molecule has 0 saturated carbocycles. The first kappa shape index (κ1) is 19.8. The van der Waals surface area contributed by atoms with Crippen molar-refractivity contribution in [2.24, 2.45) is 0 Å². The highest BCUT2D eigenvalue weighted by Gasteiger charge is 2.21. The van der Waals surface area contributed by atoms with Gasteiger partial charge in [-0.15, -0.1) is 0 Å². The van der Waals surface area contributed by atoms with E-state index in [0.29, 0.717) is 23.2 Å². The third kappa shape index (κ3) is 5.08. The predicted octanol–water partition coefficient (Wildman–Crippen LogP) is 4.33. The normalized spacial score (nSPS) is 11.2. The number of carbonyl (C=O) groups is 2. The third-order valence-electron chi connectivity index (χ3n) is 4.43. The Kier molecular flexibility index (Phi) is 6.39. The van der Waals surface area contributed by atoms with Crippen molar-refractivity contribution >= 4 is 17.6 Å². The number of ether oxygens (including phenoxy) is 1. The number of nitrogens with zero attached hydrogens (tertiary/aromatic N) is 1. The summed E-state index contributed by atoms with van der Waals surface area (Å²) < 4.78 is 5.39. The average Bonchev–Trinajstić information content (AvgIpc) is 2.75. The Labute approximate surface area is 169 Å². The quantitative estimate of drug-likeness (QED) is 0.642. The summed E-state index contributed by atoms with van der Waals surface area (Å²) in [5.41, 5.74) is 3.05. The summed E-state index contributed by atoms with van der Waals surface area (Å²) in [6.45, 7) is 1.50. The number of hydrogen-bond donors (Lipinski definition) is 1. The van der Waals surface area contributed by atoms with Crippen LogP contribution in [0, 0.1) is 11.3 Å². The SMILES string of the molecule is C[C@@H](OC(=O)c1ccccc1Cc1ccccc1)C(=O)Nc1ccccc1C#N. The van der Waals surface area contributed by atoms with Gasteiger partial charge in [0.15, 0.2) is 6.10 Å². The molecule has 0 fully saturated rings. The second-order valence-electron chi connectivity index (χ2n) is 6.51. The molecule has 0 aliphatic carbocycles. The maximum absolute atomic E-state index is 12.7. The van der Waals surface area contributed by atoms with Gasteiger partial charge in [-0.25, -0.2) is 4.79 Å². The Morgan fingerprint density at radius 1 is 0.966 bits per heavy atom. The lowest BCUT2D eigenvalue weighted by molar-refractivity contribution is -0.123. The first-order chi connectivity index (χ1) is 14.1. The van der Waals surface area contributed by atoms with Gasteiger partial charge in [0, 0.05) is 0 Å². The third-order valence-corrected chi connectivity index (χ3v) is 4.43. The van der Waals surface area contributed by atoms with Crippen molar-refractivity contribution in [1.82, 2.24) is 0 Å². The fraction of sp³-hybridized carbons (Fsp3) is 0.125. The fourth-order valence-electron chi connectivity index (χ4n) is 2.89. The highest BCUT2D eigenvalue weighted by atomic mass is 16.5. The lowest BCUT2D eigenvalue weighted by atomic mass is 10.00. The molecule has 144 valence electrons. The van der Waals surface area contributed by atoms with Crippen LogP contribution in [-0.2, 0) is 16.0 Å². The number of hydrogen-bond acceptors (Lipinski definition) is 4. The number of benzene rings is 3. The number of esters is 1. The molecule has 0 bridgehead atoms. The predicted molar refractivity (Wildman–Crippen MR) is 110 cm³/mol. The number of nitrogens with one attached hydrogen (secondary N) is 1. The molecule has 0 unspecified atom stereocenters. The second kappa shape index (κ2) is 9.34. The lowest BCUT2D eigenvalue weighted by Crippen LogP contribution is -2.30. The maximum atomic E-state index is 12.7. The average molecular weight is 384 g/mol. The number of para-hydroxylation sites is 1. The van der Waals surface area contributed by atoms with Crippen LogP contribution in [0.3, 0.4) is 0 Å². The number of nitriles is 1. The van der Waals surface area contributed by atoms with Crippen LogP contribution in [0.2, 0.25) is 0 Å². The summed E-state index contributed by atoms with van der Waals surface area (Å²) in [5, 5.41) is 11.8. The van der Waals surface area contributed by atoms with Gasteiger partial charge in [-0.2, -0.15) is 5.26 Å². The molecule has 0 aromatic heterocycles.